The summed E-state index contributed by atoms with van der Waals surface area (Å²) in [6.45, 7) is 0. The van der Waals surface area contributed by atoms with Crippen LogP contribution in [-0.4, -0.2) is 10.8 Å². The van der Waals surface area contributed by atoms with Crippen molar-refractivity contribution < 1.29 is 4.79 Å². The number of nitrogens with zero attached hydrogens (tertiary/aromatic N) is 2. The van der Waals surface area contributed by atoms with Gasteiger partial charge in [-0.3, -0.25) is 4.79 Å². The van der Waals surface area contributed by atoms with Crippen LogP contribution in [0.5, 0.6) is 0 Å². The predicted octanol–water partition coefficient (Wildman–Crippen LogP) is 7.43. The number of rotatable bonds is 6. The number of hydrogen-bond acceptors (Lipinski definition) is 5. The number of nitrogens with one attached hydrogen (secondary N) is 1. The van der Waals surface area contributed by atoms with Crippen molar-refractivity contribution in [1.29, 1.82) is 5.26 Å². The third kappa shape index (κ3) is 4.97. The van der Waals surface area contributed by atoms with Crippen LogP contribution in [0.2, 0.25) is 5.02 Å². The number of benzene rings is 3. The summed E-state index contributed by atoms with van der Waals surface area (Å²) in [5, 5.41) is 15.7. The summed E-state index contributed by atoms with van der Waals surface area (Å²) >= 11 is 11.0. The largest absolute Gasteiger partial charge is 0.360 e. The van der Waals surface area contributed by atoms with Gasteiger partial charge in [0.2, 0.25) is 0 Å². The molecule has 0 unspecified atom stereocenters. The highest BCUT2D eigenvalue weighted by Crippen LogP contribution is 2.28. The molecule has 156 valence electrons. The van der Waals surface area contributed by atoms with Crippen LogP contribution in [-0.2, 0) is 0 Å². The summed E-state index contributed by atoms with van der Waals surface area (Å²) in [7, 11) is 0. The molecule has 4 rings (SSSR count). The van der Waals surface area contributed by atoms with Crippen LogP contribution in [0.15, 0.2) is 88.8 Å². The first-order valence-electron chi connectivity index (χ1n) is 9.53. The minimum atomic E-state index is -0.158. The van der Waals surface area contributed by atoms with Gasteiger partial charge in [0.05, 0.1) is 5.69 Å². The highest BCUT2D eigenvalue weighted by atomic mass is 79.9. The van der Waals surface area contributed by atoms with Gasteiger partial charge in [-0.15, -0.1) is 11.3 Å². The van der Waals surface area contributed by atoms with Crippen molar-refractivity contribution in [1.82, 2.24) is 4.98 Å². The first-order chi connectivity index (χ1) is 15.5. The molecular weight excluding hydrogens is 506 g/mol. The van der Waals surface area contributed by atoms with Crippen LogP contribution in [0.25, 0.3) is 16.8 Å². The quantitative estimate of drug-likeness (QED) is 0.212. The third-order valence-corrected chi connectivity index (χ3v) is 6.27. The van der Waals surface area contributed by atoms with E-state index < -0.39 is 0 Å². The second kappa shape index (κ2) is 9.92. The topological polar surface area (TPSA) is 65.8 Å². The van der Waals surface area contributed by atoms with Crippen molar-refractivity contribution in [2.75, 3.05) is 5.32 Å². The maximum absolute atomic E-state index is 13.0. The van der Waals surface area contributed by atoms with Gasteiger partial charge in [-0.2, -0.15) is 5.26 Å². The zero-order valence-corrected chi connectivity index (χ0v) is 19.7. The lowest BCUT2D eigenvalue weighted by molar-refractivity contribution is 0.103. The minimum absolute atomic E-state index is 0.158. The van der Waals surface area contributed by atoms with Gasteiger partial charge in [0, 0.05) is 43.5 Å². The van der Waals surface area contributed by atoms with Crippen molar-refractivity contribution >= 4 is 55.9 Å². The Hall–Kier alpha value is -3.24. The Balaban J connectivity index is 1.62. The molecule has 0 saturated carbocycles. The van der Waals surface area contributed by atoms with Gasteiger partial charge in [-0.25, -0.2) is 4.98 Å². The van der Waals surface area contributed by atoms with Gasteiger partial charge in [-0.1, -0.05) is 70.0 Å². The summed E-state index contributed by atoms with van der Waals surface area (Å²) in [5.74, 6) is -0.158. The maximum atomic E-state index is 13.0. The van der Waals surface area contributed by atoms with Crippen molar-refractivity contribution in [3.8, 4) is 17.3 Å². The molecule has 1 aromatic heterocycles. The zero-order chi connectivity index (χ0) is 22.5. The van der Waals surface area contributed by atoms with Crippen molar-refractivity contribution in [3.63, 3.8) is 0 Å². The van der Waals surface area contributed by atoms with E-state index in [0.717, 1.165) is 15.7 Å². The lowest BCUT2D eigenvalue weighted by Crippen LogP contribution is -2.05. The van der Waals surface area contributed by atoms with Crippen LogP contribution in [0.1, 0.15) is 20.9 Å². The number of carbonyl (C=O) groups excluding carboxylic acids is 1. The van der Waals surface area contributed by atoms with Crippen LogP contribution in [0, 0.1) is 11.3 Å². The number of halogens is 2. The smallest absolute Gasteiger partial charge is 0.195 e. The van der Waals surface area contributed by atoms with Gasteiger partial charge in [-0.05, 0) is 30.3 Å². The van der Waals surface area contributed by atoms with E-state index in [0.29, 0.717) is 32.4 Å². The number of ketones is 1. The van der Waals surface area contributed by atoms with E-state index in [1.165, 1.54) is 11.3 Å². The molecule has 0 radical (unpaired) electrons. The van der Waals surface area contributed by atoms with Gasteiger partial charge in [0.15, 0.2) is 5.78 Å². The molecule has 0 saturated heterocycles. The van der Waals surface area contributed by atoms with Gasteiger partial charge < -0.3 is 5.32 Å². The van der Waals surface area contributed by atoms with E-state index in [-0.39, 0.29) is 5.78 Å². The summed E-state index contributed by atoms with van der Waals surface area (Å²) < 4.78 is 0.988. The third-order valence-electron chi connectivity index (χ3n) is 4.63. The first-order valence-corrected chi connectivity index (χ1v) is 11.6. The molecule has 0 atom stereocenters. The number of nitriles is 1. The molecule has 32 heavy (non-hydrogen) atoms. The summed E-state index contributed by atoms with van der Waals surface area (Å²) in [6.07, 6.45) is 1.56. The molecule has 0 amide bonds. The molecule has 3 aromatic carbocycles. The van der Waals surface area contributed by atoms with E-state index >= 15 is 0 Å². The molecular formula is C25H15BrClN3OS. The molecule has 4 nitrogen and oxygen atoms in total. The van der Waals surface area contributed by atoms with Crippen LogP contribution in [0.3, 0.4) is 0 Å². The van der Waals surface area contributed by atoms with Crippen LogP contribution >= 0.6 is 38.9 Å². The van der Waals surface area contributed by atoms with Crippen LogP contribution < -0.4 is 5.32 Å². The normalized spacial score (nSPS) is 11.1. The Morgan fingerprint density at radius 2 is 1.84 bits per heavy atom. The predicted molar refractivity (Wildman–Crippen MR) is 134 cm³/mol. The average Bonchev–Trinajstić information content (AvgIpc) is 3.31. The highest BCUT2D eigenvalue weighted by Gasteiger charge is 2.15. The fourth-order valence-corrected chi connectivity index (χ4v) is 4.25. The Bertz CT molecular complexity index is 1340. The van der Waals surface area contributed by atoms with E-state index in [4.69, 9.17) is 11.6 Å². The SMILES string of the molecule is N#CC(=CNc1ccc(Cl)cc1C(=O)c1ccccc1)c1nc(-c2ccc(Br)cc2)cs1. The van der Waals surface area contributed by atoms with Gasteiger partial charge >= 0.3 is 0 Å². The van der Waals surface area contributed by atoms with E-state index in [1.807, 2.05) is 47.8 Å². The Labute approximate surface area is 203 Å². The summed E-state index contributed by atoms with van der Waals surface area (Å²) in [5.41, 5.74) is 3.67. The maximum Gasteiger partial charge on any atom is 0.195 e. The van der Waals surface area contributed by atoms with E-state index in [9.17, 15) is 10.1 Å². The van der Waals surface area contributed by atoms with Gasteiger partial charge in [0.1, 0.15) is 16.6 Å². The van der Waals surface area contributed by atoms with Gasteiger partial charge in [0.25, 0.3) is 0 Å². The standard InChI is InChI=1S/C25H15BrClN3OS/c26-19-8-6-16(7-9-19)23-15-32-25(30-23)18(13-28)14-29-22-11-10-20(27)12-21(22)24(31)17-4-2-1-3-5-17/h1-12,14-15,29H. The molecule has 0 aliphatic heterocycles. The number of anilines is 1. The monoisotopic (exact) mass is 519 g/mol. The number of thiazole rings is 1. The average molecular weight is 521 g/mol. The number of carbonyl (C=O) groups is 1. The fraction of sp³-hybridized carbons (Fsp3) is 0. The fourth-order valence-electron chi connectivity index (χ4n) is 3.02. The number of allylic oxidation sites excluding steroid dienone is 1. The molecule has 4 aromatic rings. The first kappa shape index (κ1) is 22.0. The second-order valence-corrected chi connectivity index (χ2v) is 8.95. The zero-order valence-electron chi connectivity index (χ0n) is 16.5. The molecule has 1 N–H and O–H groups in total. The van der Waals surface area contributed by atoms with E-state index in [2.05, 4.69) is 32.3 Å². The van der Waals surface area contributed by atoms with Crippen molar-refractivity contribution in [2.24, 2.45) is 0 Å². The Morgan fingerprint density at radius 1 is 1.09 bits per heavy atom. The molecule has 0 aliphatic carbocycles. The second-order valence-electron chi connectivity index (χ2n) is 6.74. The molecule has 0 spiro atoms. The molecule has 0 bridgehead atoms. The molecule has 0 aliphatic rings. The Kier molecular flexibility index (Phi) is 6.81. The summed E-state index contributed by atoms with van der Waals surface area (Å²) in [6, 6.07) is 24.0. The molecule has 0 fully saturated rings. The molecule has 1 heterocycles. The van der Waals surface area contributed by atoms with Crippen LogP contribution in [0.4, 0.5) is 5.69 Å². The molecule has 7 heteroatoms. The van der Waals surface area contributed by atoms with E-state index in [1.54, 1.807) is 36.5 Å². The minimum Gasteiger partial charge on any atom is -0.360 e. The Morgan fingerprint density at radius 3 is 2.56 bits per heavy atom. The van der Waals surface area contributed by atoms with Crippen molar-refractivity contribution in [2.45, 2.75) is 0 Å². The number of aromatic nitrogens is 1. The highest BCUT2D eigenvalue weighted by molar-refractivity contribution is 9.10. The lowest BCUT2D eigenvalue weighted by Gasteiger charge is -2.10. The summed E-state index contributed by atoms with van der Waals surface area (Å²) in [4.78, 5) is 17.6. The lowest BCUT2D eigenvalue weighted by atomic mass is 10.0. The number of hydrogen-bond donors (Lipinski definition) is 1. The van der Waals surface area contributed by atoms with Crippen molar-refractivity contribution in [3.05, 3.63) is 110 Å².